The summed E-state index contributed by atoms with van der Waals surface area (Å²) in [4.78, 5) is 16.5. The first-order valence-electron chi connectivity index (χ1n) is 7.84. The molecule has 25 heavy (non-hydrogen) atoms. The third kappa shape index (κ3) is 5.14. The predicted octanol–water partition coefficient (Wildman–Crippen LogP) is 4.70. The highest BCUT2D eigenvalue weighted by molar-refractivity contribution is 6.30. The van der Waals surface area contributed by atoms with Gasteiger partial charge in [-0.25, -0.2) is 0 Å². The minimum Gasteiger partial charge on any atom is -0.370 e. The van der Waals surface area contributed by atoms with Crippen LogP contribution in [-0.2, 0) is 18.0 Å². The summed E-state index contributed by atoms with van der Waals surface area (Å²) in [6.45, 7) is 0.926. The normalized spacial score (nSPS) is 10.4. The number of pyridine rings is 1. The van der Waals surface area contributed by atoms with E-state index in [0.29, 0.717) is 29.5 Å². The topological polar surface area (TPSA) is 51.2 Å². The number of amides is 1. The van der Waals surface area contributed by atoms with Gasteiger partial charge < -0.3 is 10.1 Å². The van der Waals surface area contributed by atoms with E-state index in [-0.39, 0.29) is 5.91 Å². The lowest BCUT2D eigenvalue weighted by Crippen LogP contribution is -2.12. The highest BCUT2D eigenvalue weighted by atomic mass is 35.5. The molecule has 0 aliphatic carbocycles. The van der Waals surface area contributed by atoms with Crippen LogP contribution in [0.1, 0.15) is 21.6 Å². The second-order valence-electron chi connectivity index (χ2n) is 5.48. The lowest BCUT2D eigenvalue weighted by Gasteiger charge is -2.07. The van der Waals surface area contributed by atoms with Crippen LogP contribution in [-0.4, -0.2) is 10.9 Å². The smallest absolute Gasteiger partial charge is 0.257 e. The molecule has 5 heteroatoms. The van der Waals surface area contributed by atoms with E-state index in [9.17, 15) is 4.79 Å². The van der Waals surface area contributed by atoms with Crippen molar-refractivity contribution in [1.29, 1.82) is 0 Å². The molecular formula is C20H17ClN2O2. The van der Waals surface area contributed by atoms with Crippen LogP contribution in [0.25, 0.3) is 0 Å². The largest absolute Gasteiger partial charge is 0.370 e. The average Bonchev–Trinajstić information content (AvgIpc) is 2.65. The standard InChI is InChI=1S/C20H17ClN2O2/c21-17-7-10-18(11-8-17)23-20(24)16-6-9-19(22-12-16)14-25-13-15-4-2-1-3-5-15/h1-12H,13-14H2,(H,23,24). The van der Waals surface area contributed by atoms with Gasteiger partial charge in [0, 0.05) is 16.9 Å². The zero-order valence-electron chi connectivity index (χ0n) is 13.5. The summed E-state index contributed by atoms with van der Waals surface area (Å²) in [7, 11) is 0. The molecule has 3 rings (SSSR count). The van der Waals surface area contributed by atoms with Crippen LogP contribution in [0.3, 0.4) is 0 Å². The molecule has 3 aromatic rings. The van der Waals surface area contributed by atoms with Crippen molar-refractivity contribution in [2.75, 3.05) is 5.32 Å². The Balaban J connectivity index is 1.52. The van der Waals surface area contributed by atoms with Gasteiger partial charge in [-0.3, -0.25) is 9.78 Å². The quantitative estimate of drug-likeness (QED) is 0.699. The van der Waals surface area contributed by atoms with Gasteiger partial charge in [0.05, 0.1) is 24.5 Å². The first-order chi connectivity index (χ1) is 12.2. The van der Waals surface area contributed by atoms with E-state index >= 15 is 0 Å². The van der Waals surface area contributed by atoms with E-state index in [1.54, 1.807) is 42.6 Å². The van der Waals surface area contributed by atoms with Crippen molar-refractivity contribution < 1.29 is 9.53 Å². The Kier molecular flexibility index (Phi) is 5.77. The number of halogens is 1. The summed E-state index contributed by atoms with van der Waals surface area (Å²) in [5, 5.41) is 3.43. The van der Waals surface area contributed by atoms with Crippen LogP contribution in [0, 0.1) is 0 Å². The molecule has 1 N–H and O–H groups in total. The van der Waals surface area contributed by atoms with Crippen LogP contribution in [0.5, 0.6) is 0 Å². The van der Waals surface area contributed by atoms with Crippen molar-refractivity contribution in [2.45, 2.75) is 13.2 Å². The Morgan fingerprint density at radius 3 is 2.40 bits per heavy atom. The van der Waals surface area contributed by atoms with E-state index in [0.717, 1.165) is 11.3 Å². The molecule has 0 saturated heterocycles. The zero-order valence-corrected chi connectivity index (χ0v) is 14.2. The maximum Gasteiger partial charge on any atom is 0.257 e. The second-order valence-corrected chi connectivity index (χ2v) is 5.91. The van der Waals surface area contributed by atoms with Crippen LogP contribution in [0.2, 0.25) is 5.02 Å². The Morgan fingerprint density at radius 1 is 0.960 bits per heavy atom. The average molecular weight is 353 g/mol. The second kappa shape index (κ2) is 8.42. The third-order valence-electron chi connectivity index (χ3n) is 3.55. The van der Waals surface area contributed by atoms with Crippen molar-refractivity contribution in [3.8, 4) is 0 Å². The number of hydrogen-bond acceptors (Lipinski definition) is 3. The molecule has 1 heterocycles. The molecule has 1 aromatic heterocycles. The van der Waals surface area contributed by atoms with Gasteiger partial charge in [0.1, 0.15) is 0 Å². The summed E-state index contributed by atoms with van der Waals surface area (Å²) < 4.78 is 5.64. The molecule has 126 valence electrons. The molecule has 0 bridgehead atoms. The van der Waals surface area contributed by atoms with Gasteiger partial charge in [-0.15, -0.1) is 0 Å². The van der Waals surface area contributed by atoms with E-state index < -0.39 is 0 Å². The lowest BCUT2D eigenvalue weighted by molar-refractivity contribution is 0.102. The first-order valence-corrected chi connectivity index (χ1v) is 8.22. The molecule has 0 unspecified atom stereocenters. The monoisotopic (exact) mass is 352 g/mol. The molecule has 0 aliphatic rings. The minimum atomic E-state index is -0.216. The van der Waals surface area contributed by atoms with Crippen LogP contribution < -0.4 is 5.32 Å². The van der Waals surface area contributed by atoms with E-state index in [2.05, 4.69) is 10.3 Å². The Hall–Kier alpha value is -2.69. The van der Waals surface area contributed by atoms with Gasteiger partial charge in [0.2, 0.25) is 0 Å². The Morgan fingerprint density at radius 2 is 1.72 bits per heavy atom. The molecule has 0 aliphatic heterocycles. The molecule has 1 amide bonds. The number of benzene rings is 2. The van der Waals surface area contributed by atoms with Crippen molar-refractivity contribution in [3.05, 3.63) is 94.8 Å². The molecular weight excluding hydrogens is 336 g/mol. The highest BCUT2D eigenvalue weighted by Gasteiger charge is 2.07. The zero-order chi connectivity index (χ0) is 17.5. The van der Waals surface area contributed by atoms with Crippen LogP contribution in [0.15, 0.2) is 72.9 Å². The van der Waals surface area contributed by atoms with Crippen LogP contribution in [0.4, 0.5) is 5.69 Å². The summed E-state index contributed by atoms with van der Waals surface area (Å²) in [6, 6.07) is 20.4. The first kappa shape index (κ1) is 17.1. The fourth-order valence-corrected chi connectivity index (χ4v) is 2.35. The number of hydrogen-bond donors (Lipinski definition) is 1. The van der Waals surface area contributed by atoms with Gasteiger partial charge in [0.25, 0.3) is 5.91 Å². The van der Waals surface area contributed by atoms with Gasteiger partial charge in [0.15, 0.2) is 0 Å². The fraction of sp³-hybridized carbons (Fsp3) is 0.100. The fourth-order valence-electron chi connectivity index (χ4n) is 2.23. The van der Waals surface area contributed by atoms with Crippen molar-refractivity contribution in [3.63, 3.8) is 0 Å². The lowest BCUT2D eigenvalue weighted by atomic mass is 10.2. The highest BCUT2D eigenvalue weighted by Crippen LogP contribution is 2.14. The van der Waals surface area contributed by atoms with Gasteiger partial charge >= 0.3 is 0 Å². The minimum absolute atomic E-state index is 0.216. The van der Waals surface area contributed by atoms with Gasteiger partial charge in [-0.05, 0) is 42.0 Å². The number of aromatic nitrogens is 1. The SMILES string of the molecule is O=C(Nc1ccc(Cl)cc1)c1ccc(COCc2ccccc2)nc1. The number of anilines is 1. The molecule has 2 aromatic carbocycles. The number of carbonyl (C=O) groups is 1. The van der Waals surface area contributed by atoms with Gasteiger partial charge in [-0.2, -0.15) is 0 Å². The van der Waals surface area contributed by atoms with Crippen molar-refractivity contribution in [2.24, 2.45) is 0 Å². The Labute approximate surface area is 151 Å². The van der Waals surface area contributed by atoms with Crippen molar-refractivity contribution >= 4 is 23.2 Å². The van der Waals surface area contributed by atoms with Crippen LogP contribution >= 0.6 is 11.6 Å². The number of nitrogens with one attached hydrogen (secondary N) is 1. The number of ether oxygens (including phenoxy) is 1. The molecule has 0 saturated carbocycles. The maximum absolute atomic E-state index is 12.2. The summed E-state index contributed by atoms with van der Waals surface area (Å²) >= 11 is 5.83. The number of nitrogens with zero attached hydrogens (tertiary/aromatic N) is 1. The number of carbonyl (C=O) groups excluding carboxylic acids is 1. The molecule has 0 radical (unpaired) electrons. The summed E-state index contributed by atoms with van der Waals surface area (Å²) in [5.41, 5.74) is 3.06. The molecule has 4 nitrogen and oxygen atoms in total. The summed E-state index contributed by atoms with van der Waals surface area (Å²) in [5.74, 6) is -0.216. The number of rotatable bonds is 6. The summed E-state index contributed by atoms with van der Waals surface area (Å²) in [6.07, 6.45) is 1.55. The Bertz CT molecular complexity index is 819. The third-order valence-corrected chi connectivity index (χ3v) is 3.80. The van der Waals surface area contributed by atoms with Gasteiger partial charge in [-0.1, -0.05) is 41.9 Å². The molecule has 0 spiro atoms. The molecule has 0 fully saturated rings. The maximum atomic E-state index is 12.2. The predicted molar refractivity (Wildman–Crippen MR) is 98.6 cm³/mol. The van der Waals surface area contributed by atoms with E-state index in [1.165, 1.54) is 0 Å². The van der Waals surface area contributed by atoms with Crippen molar-refractivity contribution in [1.82, 2.24) is 4.98 Å². The van der Waals surface area contributed by atoms with E-state index in [4.69, 9.17) is 16.3 Å². The van der Waals surface area contributed by atoms with E-state index in [1.807, 2.05) is 30.3 Å². The molecule has 0 atom stereocenters.